The summed E-state index contributed by atoms with van der Waals surface area (Å²) in [7, 11) is 0. The minimum Gasteiger partial charge on any atom is -0.545 e. The number of ketones is 1. The van der Waals surface area contributed by atoms with Crippen molar-refractivity contribution in [2.24, 2.45) is 0 Å². The molecule has 0 saturated heterocycles. The molecule has 0 aromatic heterocycles. The van der Waals surface area contributed by atoms with Crippen molar-refractivity contribution < 1.29 is 14.7 Å². The molecule has 2 rings (SSSR count). The van der Waals surface area contributed by atoms with Crippen LogP contribution in [0.5, 0.6) is 0 Å². The smallest absolute Gasteiger partial charge is 0.160 e. The standard InChI is InChI=1S/C17H14O3/c18-15(10-11-17(19)20)12-14-8-4-5-9-16(14)13-6-2-1-3-7-13/h1-11H,12H2,(H,19,20)/p-1/b11-10-. The Morgan fingerprint density at radius 2 is 1.55 bits per heavy atom. The average Bonchev–Trinajstić information content (AvgIpc) is 2.47. The molecule has 3 heteroatoms. The molecule has 0 fully saturated rings. The van der Waals surface area contributed by atoms with Gasteiger partial charge in [-0.25, -0.2) is 0 Å². The Bertz CT molecular complexity index is 642. The number of hydrogen-bond donors (Lipinski definition) is 0. The van der Waals surface area contributed by atoms with Gasteiger partial charge in [-0.2, -0.15) is 0 Å². The van der Waals surface area contributed by atoms with E-state index >= 15 is 0 Å². The summed E-state index contributed by atoms with van der Waals surface area (Å²) in [5, 5.41) is 10.3. The molecule has 0 spiro atoms. The minimum atomic E-state index is -1.37. The van der Waals surface area contributed by atoms with E-state index in [1.54, 1.807) is 0 Å². The van der Waals surface area contributed by atoms with Gasteiger partial charge in [0.2, 0.25) is 0 Å². The van der Waals surface area contributed by atoms with Crippen molar-refractivity contribution in [3.8, 4) is 11.1 Å². The first-order valence-electron chi connectivity index (χ1n) is 6.22. The minimum absolute atomic E-state index is 0.162. The first-order valence-corrected chi connectivity index (χ1v) is 6.22. The lowest BCUT2D eigenvalue weighted by atomic mass is 9.96. The predicted molar refractivity (Wildman–Crippen MR) is 74.7 cm³/mol. The molecule has 100 valence electrons. The monoisotopic (exact) mass is 265 g/mol. The predicted octanol–water partition coefficient (Wildman–Crippen LogP) is 1.77. The summed E-state index contributed by atoms with van der Waals surface area (Å²) in [6.07, 6.45) is 1.96. The average molecular weight is 265 g/mol. The van der Waals surface area contributed by atoms with E-state index in [0.717, 1.165) is 28.8 Å². The number of carboxylic acids is 1. The van der Waals surface area contributed by atoms with Crippen LogP contribution >= 0.6 is 0 Å². The van der Waals surface area contributed by atoms with Crippen molar-refractivity contribution in [2.75, 3.05) is 0 Å². The maximum absolute atomic E-state index is 11.7. The van der Waals surface area contributed by atoms with Gasteiger partial charge in [0.25, 0.3) is 0 Å². The van der Waals surface area contributed by atoms with Crippen LogP contribution in [0.25, 0.3) is 11.1 Å². The molecular weight excluding hydrogens is 252 g/mol. The molecule has 0 heterocycles. The molecule has 0 atom stereocenters. The van der Waals surface area contributed by atoms with E-state index in [2.05, 4.69) is 0 Å². The van der Waals surface area contributed by atoms with Gasteiger partial charge < -0.3 is 9.90 Å². The van der Waals surface area contributed by atoms with Gasteiger partial charge in [0.1, 0.15) is 0 Å². The number of rotatable bonds is 5. The Morgan fingerprint density at radius 3 is 2.25 bits per heavy atom. The molecule has 0 unspecified atom stereocenters. The highest BCUT2D eigenvalue weighted by Gasteiger charge is 2.07. The highest BCUT2D eigenvalue weighted by molar-refractivity contribution is 5.96. The van der Waals surface area contributed by atoms with Crippen LogP contribution in [0.15, 0.2) is 66.7 Å². The van der Waals surface area contributed by atoms with Crippen LogP contribution in [0, 0.1) is 0 Å². The van der Waals surface area contributed by atoms with Crippen molar-refractivity contribution in [3.05, 3.63) is 72.3 Å². The lowest BCUT2D eigenvalue weighted by Gasteiger charge is -2.08. The van der Waals surface area contributed by atoms with Crippen molar-refractivity contribution in [1.29, 1.82) is 0 Å². The molecular formula is C17H13O3-. The molecule has 0 bridgehead atoms. The van der Waals surface area contributed by atoms with Gasteiger partial charge in [0, 0.05) is 6.42 Å². The summed E-state index contributed by atoms with van der Waals surface area (Å²) < 4.78 is 0. The summed E-state index contributed by atoms with van der Waals surface area (Å²) in [5.41, 5.74) is 2.87. The Balaban J connectivity index is 2.25. The molecule has 2 aromatic rings. The first kappa shape index (κ1) is 13.7. The fraction of sp³-hybridized carbons (Fsp3) is 0.0588. The summed E-state index contributed by atoms with van der Waals surface area (Å²) in [6, 6.07) is 17.3. The number of allylic oxidation sites excluding steroid dienone is 1. The topological polar surface area (TPSA) is 57.2 Å². The van der Waals surface area contributed by atoms with Crippen LogP contribution in [0.4, 0.5) is 0 Å². The van der Waals surface area contributed by atoms with E-state index in [0.29, 0.717) is 0 Å². The maximum atomic E-state index is 11.7. The Kier molecular flexibility index (Phi) is 4.45. The number of hydrogen-bond acceptors (Lipinski definition) is 3. The van der Waals surface area contributed by atoms with Gasteiger partial charge >= 0.3 is 0 Å². The fourth-order valence-electron chi connectivity index (χ4n) is 1.98. The second-order valence-electron chi connectivity index (χ2n) is 4.32. The van der Waals surface area contributed by atoms with Gasteiger partial charge in [0.05, 0.1) is 5.97 Å². The molecule has 20 heavy (non-hydrogen) atoms. The second-order valence-corrected chi connectivity index (χ2v) is 4.32. The van der Waals surface area contributed by atoms with Crippen LogP contribution in [-0.4, -0.2) is 11.8 Å². The number of carboxylic acid groups (broad SMARTS) is 1. The maximum Gasteiger partial charge on any atom is 0.160 e. The van der Waals surface area contributed by atoms with Crippen LogP contribution in [0.2, 0.25) is 0 Å². The first-order chi connectivity index (χ1) is 9.66. The fourth-order valence-corrected chi connectivity index (χ4v) is 1.98. The Hall–Kier alpha value is -2.68. The molecule has 2 aromatic carbocycles. The van der Waals surface area contributed by atoms with E-state index < -0.39 is 5.97 Å². The van der Waals surface area contributed by atoms with E-state index in [4.69, 9.17) is 0 Å². The third kappa shape index (κ3) is 3.65. The number of aliphatic carboxylic acids is 1. The van der Waals surface area contributed by atoms with Crippen molar-refractivity contribution in [1.82, 2.24) is 0 Å². The van der Waals surface area contributed by atoms with Crippen molar-refractivity contribution in [2.45, 2.75) is 6.42 Å². The van der Waals surface area contributed by atoms with Crippen LogP contribution in [0.1, 0.15) is 5.56 Å². The molecule has 0 aliphatic rings. The normalized spacial score (nSPS) is 10.6. The molecule has 0 aliphatic carbocycles. The lowest BCUT2D eigenvalue weighted by Crippen LogP contribution is -2.19. The lowest BCUT2D eigenvalue weighted by molar-refractivity contribution is -0.297. The highest BCUT2D eigenvalue weighted by atomic mass is 16.4. The van der Waals surface area contributed by atoms with Gasteiger partial charge in [-0.3, -0.25) is 4.79 Å². The number of benzene rings is 2. The highest BCUT2D eigenvalue weighted by Crippen LogP contribution is 2.23. The summed E-state index contributed by atoms with van der Waals surface area (Å²) >= 11 is 0. The third-order valence-electron chi connectivity index (χ3n) is 2.87. The molecule has 0 saturated carbocycles. The molecule has 0 amide bonds. The Morgan fingerprint density at radius 1 is 0.900 bits per heavy atom. The van der Waals surface area contributed by atoms with Gasteiger partial charge in [-0.05, 0) is 28.8 Å². The van der Waals surface area contributed by atoms with E-state index in [1.807, 2.05) is 54.6 Å². The molecule has 3 nitrogen and oxygen atoms in total. The SMILES string of the molecule is O=C([O-])/C=C\C(=O)Cc1ccccc1-c1ccccc1. The van der Waals surface area contributed by atoms with Gasteiger partial charge in [-0.1, -0.05) is 54.6 Å². The Labute approximate surface area is 117 Å². The van der Waals surface area contributed by atoms with E-state index in [9.17, 15) is 14.7 Å². The van der Waals surface area contributed by atoms with Crippen LogP contribution < -0.4 is 5.11 Å². The zero-order valence-electron chi connectivity index (χ0n) is 10.8. The number of carbonyl (C=O) groups excluding carboxylic acids is 2. The van der Waals surface area contributed by atoms with Gasteiger partial charge in [0.15, 0.2) is 5.78 Å². The third-order valence-corrected chi connectivity index (χ3v) is 2.87. The zero-order valence-corrected chi connectivity index (χ0v) is 10.8. The van der Waals surface area contributed by atoms with E-state index in [-0.39, 0.29) is 12.2 Å². The van der Waals surface area contributed by atoms with Crippen molar-refractivity contribution in [3.63, 3.8) is 0 Å². The van der Waals surface area contributed by atoms with Crippen LogP contribution in [0.3, 0.4) is 0 Å². The summed E-state index contributed by atoms with van der Waals surface area (Å²) in [6.45, 7) is 0. The second kappa shape index (κ2) is 6.48. The largest absolute Gasteiger partial charge is 0.545 e. The quantitative estimate of drug-likeness (QED) is 0.774. The summed E-state index contributed by atoms with van der Waals surface area (Å²) in [5.74, 6) is -1.63. The number of carbonyl (C=O) groups is 2. The molecule has 0 N–H and O–H groups in total. The molecule has 0 radical (unpaired) electrons. The zero-order chi connectivity index (χ0) is 14.4. The van der Waals surface area contributed by atoms with Crippen LogP contribution in [-0.2, 0) is 16.0 Å². The van der Waals surface area contributed by atoms with Crippen molar-refractivity contribution >= 4 is 11.8 Å². The van der Waals surface area contributed by atoms with E-state index in [1.165, 1.54) is 0 Å². The van der Waals surface area contributed by atoms with Gasteiger partial charge in [-0.15, -0.1) is 0 Å². The summed E-state index contributed by atoms with van der Waals surface area (Å²) in [4.78, 5) is 22.0. The molecule has 0 aliphatic heterocycles.